The molecule has 1 aliphatic rings. The van der Waals surface area contributed by atoms with Crippen molar-refractivity contribution in [3.05, 3.63) is 23.8 Å². The molecular weight excluding hydrogens is 162 g/mol. The topological polar surface area (TPSA) is 24.1 Å². The van der Waals surface area contributed by atoms with Crippen LogP contribution in [0.5, 0.6) is 0 Å². The number of nitrogens with one attached hydrogen (secondary N) is 2. The van der Waals surface area contributed by atoms with Gasteiger partial charge in [0, 0.05) is 0 Å². The van der Waals surface area contributed by atoms with Crippen molar-refractivity contribution in [1.29, 1.82) is 0 Å². The van der Waals surface area contributed by atoms with Gasteiger partial charge in [-0.15, -0.1) is 0 Å². The second-order valence-electron chi connectivity index (χ2n) is 2.79. The first-order chi connectivity index (χ1) is 5.68. The lowest BCUT2D eigenvalue weighted by molar-refractivity contribution is 0.609. The van der Waals surface area contributed by atoms with Gasteiger partial charge in [0.05, 0.1) is 17.5 Å². The number of halogens is 2. The Morgan fingerprint density at radius 2 is 1.50 bits per heavy atom. The van der Waals surface area contributed by atoms with Crippen molar-refractivity contribution in [3.8, 4) is 0 Å². The molecule has 0 saturated heterocycles. The normalized spacial score (nSPS) is 15.2. The van der Waals surface area contributed by atoms with Gasteiger partial charge in [-0.25, -0.2) is 8.78 Å². The monoisotopic (exact) mass is 170 g/mol. The van der Waals surface area contributed by atoms with E-state index in [0.29, 0.717) is 0 Å². The SMILES string of the molecule is CC1Nc2c(F)ccc(F)c2N1. The number of benzene rings is 1. The molecule has 12 heavy (non-hydrogen) atoms. The molecule has 1 aliphatic heterocycles. The van der Waals surface area contributed by atoms with E-state index in [2.05, 4.69) is 10.6 Å². The van der Waals surface area contributed by atoms with Crippen molar-refractivity contribution >= 4 is 11.4 Å². The highest BCUT2D eigenvalue weighted by molar-refractivity contribution is 5.75. The third-order valence-electron chi connectivity index (χ3n) is 1.83. The highest BCUT2D eigenvalue weighted by Gasteiger charge is 2.22. The van der Waals surface area contributed by atoms with E-state index in [0.717, 1.165) is 12.1 Å². The highest BCUT2D eigenvalue weighted by Crippen LogP contribution is 2.33. The maximum Gasteiger partial charge on any atom is 0.148 e. The van der Waals surface area contributed by atoms with E-state index in [1.165, 1.54) is 0 Å². The Kier molecular flexibility index (Phi) is 1.43. The minimum Gasteiger partial charge on any atom is -0.361 e. The lowest BCUT2D eigenvalue weighted by atomic mass is 10.2. The Balaban J connectivity index is 2.56. The second kappa shape index (κ2) is 2.33. The molecule has 0 atom stereocenters. The molecule has 0 spiro atoms. The number of anilines is 2. The molecular formula is C8H8F2N2. The molecule has 0 aliphatic carbocycles. The third-order valence-corrected chi connectivity index (χ3v) is 1.83. The average Bonchev–Trinajstić information content (AvgIpc) is 2.41. The lowest BCUT2D eigenvalue weighted by Crippen LogP contribution is -2.16. The summed E-state index contributed by atoms with van der Waals surface area (Å²) in [7, 11) is 0. The summed E-state index contributed by atoms with van der Waals surface area (Å²) in [6, 6.07) is 2.22. The molecule has 2 N–H and O–H groups in total. The van der Waals surface area contributed by atoms with Crippen LogP contribution in [0.3, 0.4) is 0 Å². The van der Waals surface area contributed by atoms with E-state index < -0.39 is 11.6 Å². The van der Waals surface area contributed by atoms with Gasteiger partial charge in [-0.1, -0.05) is 0 Å². The Hall–Kier alpha value is -1.32. The summed E-state index contributed by atoms with van der Waals surface area (Å²) in [5.74, 6) is -0.855. The zero-order valence-electron chi connectivity index (χ0n) is 6.49. The van der Waals surface area contributed by atoms with Crippen LogP contribution in [-0.2, 0) is 0 Å². The van der Waals surface area contributed by atoms with Crippen LogP contribution >= 0.6 is 0 Å². The minimum absolute atomic E-state index is 0.119. The fourth-order valence-electron chi connectivity index (χ4n) is 1.30. The van der Waals surface area contributed by atoms with Gasteiger partial charge in [0.1, 0.15) is 11.6 Å². The standard InChI is InChI=1S/C8H8F2N2/c1-4-11-7-5(9)2-3-6(10)8(7)12-4/h2-4,11-12H,1H3. The van der Waals surface area contributed by atoms with E-state index >= 15 is 0 Å². The van der Waals surface area contributed by atoms with E-state index in [-0.39, 0.29) is 17.5 Å². The largest absolute Gasteiger partial charge is 0.361 e. The first-order valence-corrected chi connectivity index (χ1v) is 3.69. The van der Waals surface area contributed by atoms with Crippen LogP contribution < -0.4 is 10.6 Å². The molecule has 1 heterocycles. The van der Waals surface area contributed by atoms with Gasteiger partial charge < -0.3 is 10.6 Å². The highest BCUT2D eigenvalue weighted by atomic mass is 19.1. The third kappa shape index (κ3) is 0.913. The van der Waals surface area contributed by atoms with Crippen molar-refractivity contribution in [1.82, 2.24) is 0 Å². The van der Waals surface area contributed by atoms with Gasteiger partial charge in [0.2, 0.25) is 0 Å². The quantitative estimate of drug-likeness (QED) is 0.623. The summed E-state index contributed by atoms with van der Waals surface area (Å²) < 4.78 is 25.9. The molecule has 4 heteroatoms. The Morgan fingerprint density at radius 3 is 1.92 bits per heavy atom. The van der Waals surface area contributed by atoms with Crippen LogP contribution in [0, 0.1) is 11.6 Å². The Morgan fingerprint density at radius 1 is 1.08 bits per heavy atom. The number of hydrogen-bond donors (Lipinski definition) is 2. The van der Waals surface area contributed by atoms with E-state index in [9.17, 15) is 8.78 Å². The molecule has 0 unspecified atom stereocenters. The maximum atomic E-state index is 13.0. The molecule has 0 bridgehead atoms. The van der Waals surface area contributed by atoms with E-state index in [1.807, 2.05) is 0 Å². The molecule has 0 radical (unpaired) electrons. The molecule has 0 fully saturated rings. The van der Waals surface area contributed by atoms with Gasteiger partial charge in [-0.3, -0.25) is 0 Å². The molecule has 0 saturated carbocycles. The van der Waals surface area contributed by atoms with Crippen molar-refractivity contribution < 1.29 is 8.78 Å². The van der Waals surface area contributed by atoms with Crippen LogP contribution in [0.1, 0.15) is 6.92 Å². The van der Waals surface area contributed by atoms with Gasteiger partial charge in [0.25, 0.3) is 0 Å². The average molecular weight is 170 g/mol. The summed E-state index contributed by atoms with van der Waals surface area (Å²) in [6.07, 6.45) is -0.119. The van der Waals surface area contributed by atoms with Crippen molar-refractivity contribution in [2.45, 2.75) is 13.1 Å². The first-order valence-electron chi connectivity index (χ1n) is 3.69. The second-order valence-corrected chi connectivity index (χ2v) is 2.79. The summed E-state index contributed by atoms with van der Waals surface area (Å²) in [6.45, 7) is 1.79. The van der Waals surface area contributed by atoms with Gasteiger partial charge in [-0.05, 0) is 19.1 Å². The molecule has 0 aromatic heterocycles. The summed E-state index contributed by atoms with van der Waals surface area (Å²) in [5.41, 5.74) is 0.449. The fourth-order valence-corrected chi connectivity index (χ4v) is 1.30. The van der Waals surface area contributed by atoms with Crippen LogP contribution in [0.2, 0.25) is 0 Å². The molecule has 1 aromatic rings. The molecule has 64 valence electrons. The predicted octanol–water partition coefficient (Wildman–Crippen LogP) is 2.15. The Bertz CT molecular complexity index is 294. The predicted molar refractivity (Wildman–Crippen MR) is 43.1 cm³/mol. The zero-order valence-corrected chi connectivity index (χ0v) is 6.49. The molecule has 0 amide bonds. The van der Waals surface area contributed by atoms with Gasteiger partial charge in [0.15, 0.2) is 0 Å². The summed E-state index contributed by atoms with van der Waals surface area (Å²) in [5, 5.41) is 5.56. The maximum absolute atomic E-state index is 13.0. The van der Waals surface area contributed by atoms with Crippen molar-refractivity contribution in [2.24, 2.45) is 0 Å². The smallest absolute Gasteiger partial charge is 0.148 e. The summed E-state index contributed by atoms with van der Waals surface area (Å²) in [4.78, 5) is 0. The van der Waals surface area contributed by atoms with Gasteiger partial charge >= 0.3 is 0 Å². The van der Waals surface area contributed by atoms with Crippen LogP contribution in [-0.4, -0.2) is 6.17 Å². The van der Waals surface area contributed by atoms with Crippen LogP contribution in [0.4, 0.5) is 20.2 Å². The Labute approximate surface area is 68.6 Å². The van der Waals surface area contributed by atoms with Gasteiger partial charge in [-0.2, -0.15) is 0 Å². The molecule has 2 rings (SSSR count). The van der Waals surface area contributed by atoms with Crippen molar-refractivity contribution in [3.63, 3.8) is 0 Å². The zero-order chi connectivity index (χ0) is 8.72. The van der Waals surface area contributed by atoms with E-state index in [1.54, 1.807) is 6.92 Å². The van der Waals surface area contributed by atoms with Crippen LogP contribution in [0.25, 0.3) is 0 Å². The van der Waals surface area contributed by atoms with E-state index in [4.69, 9.17) is 0 Å². The molecule has 2 nitrogen and oxygen atoms in total. The number of rotatable bonds is 0. The first kappa shape index (κ1) is 7.34. The lowest BCUT2D eigenvalue weighted by Gasteiger charge is -2.01. The van der Waals surface area contributed by atoms with Crippen LogP contribution in [0.15, 0.2) is 12.1 Å². The number of fused-ring (bicyclic) bond motifs is 1. The fraction of sp³-hybridized carbons (Fsp3) is 0.250. The minimum atomic E-state index is -0.428. The molecule has 1 aromatic carbocycles. The van der Waals surface area contributed by atoms with Crippen molar-refractivity contribution in [2.75, 3.05) is 10.6 Å². The summed E-state index contributed by atoms with van der Waals surface area (Å²) >= 11 is 0. The number of hydrogen-bond acceptors (Lipinski definition) is 2.